The van der Waals surface area contributed by atoms with E-state index < -0.39 is 0 Å². The Bertz CT molecular complexity index is 692. The third-order valence-corrected chi connectivity index (χ3v) is 2.44. The van der Waals surface area contributed by atoms with E-state index in [-0.39, 0.29) is 5.95 Å². The smallest absolute Gasteiger partial charge is 0.224 e. The summed E-state index contributed by atoms with van der Waals surface area (Å²) in [5.41, 5.74) is 12.7. The number of para-hydroxylation sites is 1. The summed E-state index contributed by atoms with van der Waals surface area (Å²) in [6, 6.07) is 9.69. The molecule has 5 nitrogen and oxygen atoms in total. The number of rotatable bonds is 0. The number of benzene rings is 1. The first-order valence-electron chi connectivity index (χ1n) is 4.82. The van der Waals surface area contributed by atoms with Crippen LogP contribution >= 0.6 is 0 Å². The van der Waals surface area contributed by atoms with Gasteiger partial charge in [-0.25, -0.2) is 4.98 Å². The number of anilines is 2. The Labute approximate surface area is 91.1 Å². The van der Waals surface area contributed by atoms with E-state index in [1.165, 1.54) is 0 Å². The fraction of sp³-hybridized carbons (Fsp3) is 0. The van der Waals surface area contributed by atoms with Crippen LogP contribution in [-0.4, -0.2) is 15.0 Å². The third-order valence-electron chi connectivity index (χ3n) is 2.44. The molecule has 3 aromatic rings. The quantitative estimate of drug-likeness (QED) is 0.547. The van der Waals surface area contributed by atoms with Crippen molar-refractivity contribution in [3.8, 4) is 0 Å². The Morgan fingerprint density at radius 3 is 2.62 bits per heavy atom. The van der Waals surface area contributed by atoms with Crippen LogP contribution in [0.3, 0.4) is 0 Å². The van der Waals surface area contributed by atoms with Crippen LogP contribution in [0.2, 0.25) is 0 Å². The number of fused-ring (bicyclic) bond motifs is 2. The average Bonchev–Trinajstić information content (AvgIpc) is 2.27. The van der Waals surface area contributed by atoms with E-state index in [4.69, 9.17) is 11.5 Å². The molecule has 0 aliphatic heterocycles. The molecule has 0 saturated carbocycles. The van der Waals surface area contributed by atoms with Gasteiger partial charge >= 0.3 is 0 Å². The van der Waals surface area contributed by atoms with Crippen molar-refractivity contribution in [1.82, 2.24) is 15.0 Å². The Morgan fingerprint density at radius 2 is 1.75 bits per heavy atom. The van der Waals surface area contributed by atoms with Crippen LogP contribution in [0.25, 0.3) is 21.9 Å². The summed E-state index contributed by atoms with van der Waals surface area (Å²) < 4.78 is 0. The van der Waals surface area contributed by atoms with Gasteiger partial charge in [-0.3, -0.25) is 0 Å². The van der Waals surface area contributed by atoms with Gasteiger partial charge in [0, 0.05) is 5.39 Å². The van der Waals surface area contributed by atoms with Gasteiger partial charge in [0.05, 0.1) is 10.9 Å². The molecule has 0 atom stereocenters. The number of nitrogens with two attached hydrogens (primary N) is 2. The van der Waals surface area contributed by atoms with Gasteiger partial charge in [0.2, 0.25) is 5.95 Å². The lowest BCUT2D eigenvalue weighted by atomic mass is 10.2. The molecule has 0 amide bonds. The van der Waals surface area contributed by atoms with Crippen LogP contribution in [0, 0.1) is 0 Å². The summed E-state index contributed by atoms with van der Waals surface area (Å²) in [7, 11) is 0. The topological polar surface area (TPSA) is 90.7 Å². The third kappa shape index (κ3) is 1.22. The number of hydrogen-bond acceptors (Lipinski definition) is 5. The molecule has 0 saturated heterocycles. The second-order valence-corrected chi connectivity index (χ2v) is 3.52. The number of nitrogens with zero attached hydrogens (tertiary/aromatic N) is 3. The minimum atomic E-state index is 0.146. The molecular weight excluding hydrogens is 202 g/mol. The zero-order chi connectivity index (χ0) is 11.1. The van der Waals surface area contributed by atoms with E-state index in [0.717, 1.165) is 16.3 Å². The summed E-state index contributed by atoms with van der Waals surface area (Å²) >= 11 is 0. The highest BCUT2D eigenvalue weighted by atomic mass is 15.1. The van der Waals surface area contributed by atoms with Crippen molar-refractivity contribution in [2.75, 3.05) is 11.5 Å². The van der Waals surface area contributed by atoms with E-state index in [2.05, 4.69) is 15.0 Å². The number of aromatic nitrogens is 3. The van der Waals surface area contributed by atoms with E-state index in [1.807, 2.05) is 30.3 Å². The molecule has 5 heteroatoms. The standard InChI is InChI=1S/C11H9N5/c12-9-7-5-6-3-1-2-4-8(6)14-10(7)16-11(13)15-9/h1-5H,(H4,12,13,14,15,16). The fourth-order valence-corrected chi connectivity index (χ4v) is 1.70. The molecule has 0 unspecified atom stereocenters. The number of hydrogen-bond donors (Lipinski definition) is 2. The molecule has 4 N–H and O–H groups in total. The van der Waals surface area contributed by atoms with E-state index >= 15 is 0 Å². The molecule has 1 aromatic carbocycles. The lowest BCUT2D eigenvalue weighted by Gasteiger charge is -2.03. The van der Waals surface area contributed by atoms with E-state index in [1.54, 1.807) is 0 Å². The molecule has 0 bridgehead atoms. The monoisotopic (exact) mass is 211 g/mol. The highest BCUT2D eigenvalue weighted by molar-refractivity contribution is 5.96. The summed E-state index contributed by atoms with van der Waals surface area (Å²) in [5.74, 6) is 0.508. The zero-order valence-corrected chi connectivity index (χ0v) is 8.38. The molecule has 0 aliphatic rings. The van der Waals surface area contributed by atoms with Crippen molar-refractivity contribution in [3.63, 3.8) is 0 Å². The maximum Gasteiger partial charge on any atom is 0.224 e. The molecule has 16 heavy (non-hydrogen) atoms. The minimum absolute atomic E-state index is 0.146. The number of pyridine rings is 1. The van der Waals surface area contributed by atoms with Crippen molar-refractivity contribution in [2.24, 2.45) is 0 Å². The van der Waals surface area contributed by atoms with Gasteiger partial charge < -0.3 is 11.5 Å². The van der Waals surface area contributed by atoms with Crippen LogP contribution in [-0.2, 0) is 0 Å². The number of nitrogen functional groups attached to an aromatic ring is 2. The summed E-state index contributed by atoms with van der Waals surface area (Å²) in [6.45, 7) is 0. The van der Waals surface area contributed by atoms with Crippen molar-refractivity contribution < 1.29 is 0 Å². The van der Waals surface area contributed by atoms with Crippen LogP contribution in [0.1, 0.15) is 0 Å². The maximum atomic E-state index is 5.78. The summed E-state index contributed by atoms with van der Waals surface area (Å²) in [5, 5.41) is 1.74. The lowest BCUT2D eigenvalue weighted by molar-refractivity contribution is 1.22. The molecule has 78 valence electrons. The van der Waals surface area contributed by atoms with Gasteiger partial charge in [-0.2, -0.15) is 9.97 Å². The molecule has 2 heterocycles. The predicted molar refractivity (Wildman–Crippen MR) is 63.7 cm³/mol. The van der Waals surface area contributed by atoms with Gasteiger partial charge in [0.25, 0.3) is 0 Å². The highest BCUT2D eigenvalue weighted by Crippen LogP contribution is 2.22. The average molecular weight is 211 g/mol. The molecule has 0 radical (unpaired) electrons. The van der Waals surface area contributed by atoms with Gasteiger partial charge in [-0.15, -0.1) is 0 Å². The van der Waals surface area contributed by atoms with Crippen molar-refractivity contribution >= 4 is 33.7 Å². The SMILES string of the molecule is Nc1nc(N)c2cc3ccccc3nc2n1. The summed E-state index contributed by atoms with van der Waals surface area (Å²) in [4.78, 5) is 12.4. The Hall–Kier alpha value is -2.43. The first-order valence-corrected chi connectivity index (χ1v) is 4.82. The zero-order valence-electron chi connectivity index (χ0n) is 8.38. The second-order valence-electron chi connectivity index (χ2n) is 3.52. The highest BCUT2D eigenvalue weighted by Gasteiger charge is 2.05. The Kier molecular flexibility index (Phi) is 1.67. The van der Waals surface area contributed by atoms with Crippen molar-refractivity contribution in [1.29, 1.82) is 0 Å². The largest absolute Gasteiger partial charge is 0.383 e. The molecule has 0 fully saturated rings. The van der Waals surface area contributed by atoms with Crippen LogP contribution in [0.5, 0.6) is 0 Å². The second kappa shape index (κ2) is 3.03. The van der Waals surface area contributed by atoms with Crippen LogP contribution < -0.4 is 11.5 Å². The van der Waals surface area contributed by atoms with E-state index in [9.17, 15) is 0 Å². The minimum Gasteiger partial charge on any atom is -0.383 e. The van der Waals surface area contributed by atoms with Crippen LogP contribution in [0.4, 0.5) is 11.8 Å². The Morgan fingerprint density at radius 1 is 0.938 bits per heavy atom. The first kappa shape index (κ1) is 8.84. The van der Waals surface area contributed by atoms with Gasteiger partial charge in [0.15, 0.2) is 5.65 Å². The lowest BCUT2D eigenvalue weighted by Crippen LogP contribution is -2.01. The van der Waals surface area contributed by atoms with Crippen molar-refractivity contribution in [2.45, 2.75) is 0 Å². The Balaban J connectivity index is 2.51. The molecule has 0 spiro atoms. The fourth-order valence-electron chi connectivity index (χ4n) is 1.70. The maximum absolute atomic E-state index is 5.78. The first-order chi connectivity index (χ1) is 7.74. The van der Waals surface area contributed by atoms with Crippen molar-refractivity contribution in [3.05, 3.63) is 30.3 Å². The van der Waals surface area contributed by atoms with E-state index in [0.29, 0.717) is 11.5 Å². The summed E-state index contributed by atoms with van der Waals surface area (Å²) in [6.07, 6.45) is 0. The van der Waals surface area contributed by atoms with Gasteiger partial charge in [-0.1, -0.05) is 18.2 Å². The molecule has 2 aromatic heterocycles. The normalized spacial score (nSPS) is 11.0. The molecular formula is C11H9N5. The predicted octanol–water partition coefficient (Wildman–Crippen LogP) is 1.34. The van der Waals surface area contributed by atoms with Crippen LogP contribution in [0.15, 0.2) is 30.3 Å². The van der Waals surface area contributed by atoms with Gasteiger partial charge in [-0.05, 0) is 12.1 Å². The van der Waals surface area contributed by atoms with Gasteiger partial charge in [0.1, 0.15) is 5.82 Å². The molecule has 3 rings (SSSR count). The molecule has 0 aliphatic carbocycles.